The summed E-state index contributed by atoms with van der Waals surface area (Å²) in [6, 6.07) is 0. The molecule has 1 atom stereocenters. The summed E-state index contributed by atoms with van der Waals surface area (Å²) >= 11 is 0. The van der Waals surface area contributed by atoms with Crippen molar-refractivity contribution in [2.24, 2.45) is 11.8 Å². The molecule has 1 heterocycles. The van der Waals surface area contributed by atoms with Crippen molar-refractivity contribution in [2.75, 3.05) is 0 Å². The van der Waals surface area contributed by atoms with Crippen LogP contribution in [0.4, 0.5) is 0 Å². The molecule has 1 aromatic heterocycles. The van der Waals surface area contributed by atoms with Crippen LogP contribution < -0.4 is 0 Å². The van der Waals surface area contributed by atoms with E-state index in [-0.39, 0.29) is 0 Å². The van der Waals surface area contributed by atoms with Crippen LogP contribution in [-0.4, -0.2) is 9.55 Å². The first-order valence-corrected chi connectivity index (χ1v) is 6.58. The third-order valence-corrected chi connectivity index (χ3v) is 3.81. The molecule has 0 amide bonds. The fraction of sp³-hybridized carbons (Fsp3) is 0.786. The number of aromatic nitrogens is 2. The fourth-order valence-corrected chi connectivity index (χ4v) is 2.46. The fourth-order valence-electron chi connectivity index (χ4n) is 2.46. The van der Waals surface area contributed by atoms with E-state index in [1.54, 1.807) is 0 Å². The molecule has 1 fully saturated rings. The molecule has 90 valence electrons. The van der Waals surface area contributed by atoms with Gasteiger partial charge in [0, 0.05) is 17.9 Å². The quantitative estimate of drug-likeness (QED) is 0.712. The minimum absolute atomic E-state index is 0.294. The second-order valence-electron chi connectivity index (χ2n) is 6.05. The second kappa shape index (κ2) is 4.60. The number of hydrogen-bond donors (Lipinski definition) is 0. The zero-order valence-corrected chi connectivity index (χ0v) is 10.8. The summed E-state index contributed by atoms with van der Waals surface area (Å²) in [6.07, 6.45) is 12.8. The molecular formula is C14H24N2. The van der Waals surface area contributed by atoms with Crippen LogP contribution in [0.25, 0.3) is 0 Å². The van der Waals surface area contributed by atoms with Crippen LogP contribution in [0.2, 0.25) is 0 Å². The molecule has 1 saturated carbocycles. The molecule has 2 rings (SSSR count). The average Bonchev–Trinajstić information content (AvgIpc) is 2.85. The highest BCUT2D eigenvalue weighted by Crippen LogP contribution is 2.41. The van der Waals surface area contributed by atoms with Gasteiger partial charge in [-0.05, 0) is 38.0 Å². The zero-order valence-electron chi connectivity index (χ0n) is 10.8. The Bertz CT molecular complexity index is 311. The lowest BCUT2D eigenvalue weighted by atomic mass is 9.87. The van der Waals surface area contributed by atoms with Gasteiger partial charge in [0.15, 0.2) is 0 Å². The first kappa shape index (κ1) is 11.7. The van der Waals surface area contributed by atoms with Crippen molar-refractivity contribution in [3.05, 3.63) is 18.7 Å². The molecule has 0 spiro atoms. The molecule has 1 aliphatic rings. The third-order valence-electron chi connectivity index (χ3n) is 3.81. The maximum absolute atomic E-state index is 4.21. The topological polar surface area (TPSA) is 17.8 Å². The lowest BCUT2D eigenvalue weighted by Gasteiger charge is -2.32. The van der Waals surface area contributed by atoms with Crippen molar-refractivity contribution in [3.63, 3.8) is 0 Å². The van der Waals surface area contributed by atoms with Gasteiger partial charge in [0.2, 0.25) is 0 Å². The van der Waals surface area contributed by atoms with E-state index >= 15 is 0 Å². The third kappa shape index (κ3) is 2.87. The van der Waals surface area contributed by atoms with Crippen LogP contribution in [0, 0.1) is 11.8 Å². The summed E-state index contributed by atoms with van der Waals surface area (Å²) in [7, 11) is 0. The van der Waals surface area contributed by atoms with E-state index in [0.29, 0.717) is 5.54 Å². The summed E-state index contributed by atoms with van der Waals surface area (Å²) in [6.45, 7) is 7.02. The van der Waals surface area contributed by atoms with E-state index in [9.17, 15) is 0 Å². The first-order valence-electron chi connectivity index (χ1n) is 6.58. The minimum Gasteiger partial charge on any atom is -0.332 e. The standard InChI is InChI=1S/C14H24N2/c1-12(2)6-7-14(3,10-13-4-5-13)16-9-8-15-11-16/h8-9,11-13H,4-7,10H2,1-3H3. The van der Waals surface area contributed by atoms with Crippen molar-refractivity contribution >= 4 is 0 Å². The Morgan fingerprint density at radius 3 is 2.69 bits per heavy atom. The van der Waals surface area contributed by atoms with Crippen LogP contribution >= 0.6 is 0 Å². The molecule has 2 heteroatoms. The minimum atomic E-state index is 0.294. The lowest BCUT2D eigenvalue weighted by Crippen LogP contribution is -2.30. The number of imidazole rings is 1. The monoisotopic (exact) mass is 220 g/mol. The predicted octanol–water partition coefficient (Wildman–Crippen LogP) is 3.83. The molecule has 16 heavy (non-hydrogen) atoms. The van der Waals surface area contributed by atoms with Gasteiger partial charge in [-0.2, -0.15) is 0 Å². The molecule has 0 bridgehead atoms. The van der Waals surface area contributed by atoms with Gasteiger partial charge >= 0.3 is 0 Å². The number of nitrogens with zero attached hydrogens (tertiary/aromatic N) is 2. The van der Waals surface area contributed by atoms with E-state index in [1.807, 2.05) is 12.5 Å². The normalized spacial score (nSPS) is 20.0. The Morgan fingerprint density at radius 1 is 1.44 bits per heavy atom. The molecule has 0 radical (unpaired) electrons. The summed E-state index contributed by atoms with van der Waals surface area (Å²) < 4.78 is 2.33. The molecule has 1 aliphatic carbocycles. The second-order valence-corrected chi connectivity index (χ2v) is 6.05. The highest BCUT2D eigenvalue weighted by Gasteiger charge is 2.34. The summed E-state index contributed by atoms with van der Waals surface area (Å²) in [5.41, 5.74) is 0.294. The molecule has 2 nitrogen and oxygen atoms in total. The van der Waals surface area contributed by atoms with Crippen LogP contribution in [0.3, 0.4) is 0 Å². The van der Waals surface area contributed by atoms with Gasteiger partial charge < -0.3 is 4.57 Å². The maximum atomic E-state index is 4.21. The Morgan fingerprint density at radius 2 is 2.19 bits per heavy atom. The molecule has 0 saturated heterocycles. The van der Waals surface area contributed by atoms with Crippen molar-refractivity contribution in [1.29, 1.82) is 0 Å². The van der Waals surface area contributed by atoms with Crippen molar-refractivity contribution < 1.29 is 0 Å². The lowest BCUT2D eigenvalue weighted by molar-refractivity contribution is 0.237. The molecule has 0 aromatic carbocycles. The Balaban J connectivity index is 2.04. The van der Waals surface area contributed by atoms with Gasteiger partial charge in [0.05, 0.1) is 6.33 Å². The Labute approximate surface area is 99.1 Å². The van der Waals surface area contributed by atoms with Crippen LogP contribution in [0.15, 0.2) is 18.7 Å². The van der Waals surface area contributed by atoms with Crippen LogP contribution in [0.5, 0.6) is 0 Å². The van der Waals surface area contributed by atoms with E-state index in [0.717, 1.165) is 11.8 Å². The SMILES string of the molecule is CC(C)CCC(C)(CC1CC1)n1ccnc1. The Kier molecular flexibility index (Phi) is 3.36. The van der Waals surface area contributed by atoms with Gasteiger partial charge in [0.1, 0.15) is 0 Å². The van der Waals surface area contributed by atoms with Crippen molar-refractivity contribution in [3.8, 4) is 0 Å². The van der Waals surface area contributed by atoms with Crippen molar-refractivity contribution in [1.82, 2.24) is 9.55 Å². The maximum Gasteiger partial charge on any atom is 0.0951 e. The zero-order chi connectivity index (χ0) is 11.6. The van der Waals surface area contributed by atoms with E-state index in [1.165, 1.54) is 32.1 Å². The number of rotatable bonds is 6. The first-order chi connectivity index (χ1) is 7.60. The van der Waals surface area contributed by atoms with Crippen LogP contribution in [-0.2, 0) is 5.54 Å². The molecule has 1 aromatic rings. The van der Waals surface area contributed by atoms with E-state index in [2.05, 4.69) is 36.5 Å². The molecule has 0 N–H and O–H groups in total. The van der Waals surface area contributed by atoms with Gasteiger partial charge in [-0.25, -0.2) is 4.98 Å². The largest absolute Gasteiger partial charge is 0.332 e. The predicted molar refractivity (Wildman–Crippen MR) is 67.3 cm³/mol. The van der Waals surface area contributed by atoms with Crippen LogP contribution in [0.1, 0.15) is 52.9 Å². The highest BCUT2D eigenvalue weighted by molar-refractivity contribution is 4.93. The van der Waals surface area contributed by atoms with E-state index < -0.39 is 0 Å². The summed E-state index contributed by atoms with van der Waals surface area (Å²) in [4.78, 5) is 4.21. The smallest absolute Gasteiger partial charge is 0.0951 e. The molecule has 0 aliphatic heterocycles. The highest BCUT2D eigenvalue weighted by atomic mass is 15.1. The van der Waals surface area contributed by atoms with Gasteiger partial charge in [-0.1, -0.05) is 26.7 Å². The Hall–Kier alpha value is -0.790. The van der Waals surface area contributed by atoms with Gasteiger partial charge in [-0.3, -0.25) is 0 Å². The number of hydrogen-bond acceptors (Lipinski definition) is 1. The average molecular weight is 220 g/mol. The summed E-state index contributed by atoms with van der Waals surface area (Å²) in [5.74, 6) is 1.77. The summed E-state index contributed by atoms with van der Waals surface area (Å²) in [5, 5.41) is 0. The molecular weight excluding hydrogens is 196 g/mol. The molecule has 1 unspecified atom stereocenters. The van der Waals surface area contributed by atoms with Gasteiger partial charge in [-0.15, -0.1) is 0 Å². The van der Waals surface area contributed by atoms with E-state index in [4.69, 9.17) is 0 Å². The van der Waals surface area contributed by atoms with Crippen molar-refractivity contribution in [2.45, 2.75) is 58.4 Å². The van der Waals surface area contributed by atoms with Gasteiger partial charge in [0.25, 0.3) is 0 Å².